The summed E-state index contributed by atoms with van der Waals surface area (Å²) in [6.45, 7) is 4.46. The molecular weight excluding hydrogens is 404 g/mol. The topological polar surface area (TPSA) is 84.9 Å². The first-order chi connectivity index (χ1) is 14.3. The van der Waals surface area contributed by atoms with Crippen LogP contribution in [0.4, 0.5) is 0 Å². The maximum Gasteiger partial charge on any atom is 0.255 e. The number of carbonyl (C=O) groups is 1. The third-order valence-corrected chi connectivity index (χ3v) is 7.46. The van der Waals surface area contributed by atoms with E-state index >= 15 is 0 Å². The lowest BCUT2D eigenvalue weighted by Crippen LogP contribution is -2.46. The van der Waals surface area contributed by atoms with Crippen LogP contribution in [0.2, 0.25) is 0 Å². The lowest BCUT2D eigenvalue weighted by Gasteiger charge is -2.32. The zero-order valence-corrected chi connectivity index (χ0v) is 18.6. The van der Waals surface area contributed by atoms with E-state index in [9.17, 15) is 13.2 Å². The molecule has 7 nitrogen and oxygen atoms in total. The fraction of sp³-hybridized carbons (Fsp3) is 0.409. The summed E-state index contributed by atoms with van der Waals surface area (Å²) in [6.07, 6.45) is 1.07. The number of aryl methyl sites for hydroxylation is 2. The maximum atomic E-state index is 13.2. The van der Waals surface area contributed by atoms with Crippen LogP contribution in [0.25, 0.3) is 0 Å². The lowest BCUT2D eigenvalue weighted by molar-refractivity contribution is 0.0921. The Labute approximate surface area is 178 Å². The largest absolute Gasteiger partial charge is 0.496 e. The van der Waals surface area contributed by atoms with Crippen molar-refractivity contribution in [2.24, 2.45) is 0 Å². The fourth-order valence-corrected chi connectivity index (χ4v) is 5.29. The highest BCUT2D eigenvalue weighted by Gasteiger charge is 2.32. The van der Waals surface area contributed by atoms with Crippen LogP contribution in [0.5, 0.6) is 11.5 Å². The number of hydrogen-bond acceptors (Lipinski definition) is 5. The Balaban J connectivity index is 1.69. The van der Waals surface area contributed by atoms with E-state index in [4.69, 9.17) is 9.47 Å². The molecule has 0 aliphatic carbocycles. The van der Waals surface area contributed by atoms with Gasteiger partial charge in [0.25, 0.3) is 5.91 Å². The van der Waals surface area contributed by atoms with E-state index in [0.29, 0.717) is 43.0 Å². The normalized spacial score (nSPS) is 15.6. The van der Waals surface area contributed by atoms with Crippen molar-refractivity contribution in [3.05, 3.63) is 53.1 Å². The molecule has 1 aliphatic rings. The molecule has 0 atom stereocenters. The van der Waals surface area contributed by atoms with Crippen LogP contribution < -0.4 is 14.8 Å². The molecule has 1 saturated heterocycles. The fourth-order valence-electron chi connectivity index (χ4n) is 3.60. The number of methoxy groups -OCH3 is 2. The summed E-state index contributed by atoms with van der Waals surface area (Å²) in [5.41, 5.74) is 2.34. The summed E-state index contributed by atoms with van der Waals surface area (Å²) in [5.74, 6) is 0.645. The van der Waals surface area contributed by atoms with Crippen molar-refractivity contribution in [2.75, 3.05) is 27.3 Å². The molecule has 1 fully saturated rings. The van der Waals surface area contributed by atoms with Crippen molar-refractivity contribution in [1.82, 2.24) is 9.62 Å². The monoisotopic (exact) mass is 432 g/mol. The quantitative estimate of drug-likeness (QED) is 0.759. The molecule has 8 heteroatoms. The molecule has 1 aliphatic heterocycles. The Morgan fingerprint density at radius 3 is 2.23 bits per heavy atom. The number of benzene rings is 2. The van der Waals surface area contributed by atoms with Crippen LogP contribution in [0.3, 0.4) is 0 Å². The molecule has 2 aromatic rings. The molecule has 30 heavy (non-hydrogen) atoms. The number of ether oxygens (including phenoxy) is 2. The van der Waals surface area contributed by atoms with Gasteiger partial charge in [-0.2, -0.15) is 4.31 Å². The SMILES string of the molecule is COc1ccccc1C(=O)NC1CCN(S(=O)(=O)c2cc(C)c(C)cc2OC)CC1. The minimum atomic E-state index is -3.68. The number of para-hydroxylation sites is 1. The van der Waals surface area contributed by atoms with E-state index in [1.165, 1.54) is 18.5 Å². The molecule has 0 saturated carbocycles. The summed E-state index contributed by atoms with van der Waals surface area (Å²) < 4.78 is 38.5. The van der Waals surface area contributed by atoms with Crippen molar-refractivity contribution in [2.45, 2.75) is 37.6 Å². The van der Waals surface area contributed by atoms with E-state index < -0.39 is 10.0 Å². The molecular formula is C22H28N2O5S. The summed E-state index contributed by atoms with van der Waals surface area (Å²) in [5, 5.41) is 3.00. The first kappa shape index (κ1) is 22.1. The second-order valence-electron chi connectivity index (χ2n) is 7.44. The van der Waals surface area contributed by atoms with E-state index in [0.717, 1.165) is 11.1 Å². The molecule has 0 aromatic heterocycles. The third-order valence-electron chi connectivity index (χ3n) is 5.54. The van der Waals surface area contributed by atoms with Crippen LogP contribution in [0.1, 0.15) is 34.3 Å². The van der Waals surface area contributed by atoms with Gasteiger partial charge >= 0.3 is 0 Å². The highest BCUT2D eigenvalue weighted by atomic mass is 32.2. The van der Waals surface area contributed by atoms with Crippen molar-refractivity contribution in [3.8, 4) is 11.5 Å². The minimum absolute atomic E-state index is 0.101. The van der Waals surface area contributed by atoms with Gasteiger partial charge in [-0.3, -0.25) is 4.79 Å². The van der Waals surface area contributed by atoms with Crippen molar-refractivity contribution in [1.29, 1.82) is 0 Å². The second-order valence-corrected chi connectivity index (χ2v) is 9.35. The standard InChI is InChI=1S/C22H28N2O5S/c1-15-13-20(29-4)21(14-16(15)2)30(26,27)24-11-9-17(10-12-24)23-22(25)18-7-5-6-8-19(18)28-3/h5-8,13-14,17H,9-12H2,1-4H3,(H,23,25). The van der Waals surface area contributed by atoms with Gasteiger partial charge in [0.15, 0.2) is 0 Å². The van der Waals surface area contributed by atoms with Crippen molar-refractivity contribution >= 4 is 15.9 Å². The summed E-state index contributed by atoms with van der Waals surface area (Å²) in [7, 11) is -0.684. The van der Waals surface area contributed by atoms with Gasteiger partial charge in [-0.1, -0.05) is 12.1 Å². The Bertz CT molecular complexity index is 1030. The minimum Gasteiger partial charge on any atom is -0.496 e. The zero-order chi connectivity index (χ0) is 21.9. The Morgan fingerprint density at radius 2 is 1.60 bits per heavy atom. The van der Waals surface area contributed by atoms with Gasteiger partial charge in [0.2, 0.25) is 10.0 Å². The van der Waals surface area contributed by atoms with Gasteiger partial charge in [0.05, 0.1) is 19.8 Å². The van der Waals surface area contributed by atoms with Crippen LogP contribution in [0.15, 0.2) is 41.3 Å². The van der Waals surface area contributed by atoms with Crippen molar-refractivity contribution < 1.29 is 22.7 Å². The van der Waals surface area contributed by atoms with Gasteiger partial charge in [-0.25, -0.2) is 8.42 Å². The highest BCUT2D eigenvalue weighted by molar-refractivity contribution is 7.89. The second kappa shape index (κ2) is 9.06. The van der Waals surface area contributed by atoms with Gasteiger partial charge in [0.1, 0.15) is 16.4 Å². The van der Waals surface area contributed by atoms with Crippen LogP contribution >= 0.6 is 0 Å². The summed E-state index contributed by atoms with van der Waals surface area (Å²) in [4.78, 5) is 12.8. The van der Waals surface area contributed by atoms with Crippen molar-refractivity contribution in [3.63, 3.8) is 0 Å². The maximum absolute atomic E-state index is 13.2. The predicted octanol–water partition coefficient (Wildman–Crippen LogP) is 2.90. The van der Waals surface area contributed by atoms with Gasteiger partial charge in [-0.05, 0) is 62.1 Å². The van der Waals surface area contributed by atoms with Crippen LogP contribution in [0, 0.1) is 13.8 Å². The van der Waals surface area contributed by atoms with Gasteiger partial charge in [0, 0.05) is 19.1 Å². The number of hydrogen-bond donors (Lipinski definition) is 1. The predicted molar refractivity (Wildman–Crippen MR) is 115 cm³/mol. The van der Waals surface area contributed by atoms with Crippen LogP contribution in [-0.2, 0) is 10.0 Å². The number of nitrogens with one attached hydrogen (secondary N) is 1. The van der Waals surface area contributed by atoms with Gasteiger partial charge < -0.3 is 14.8 Å². The van der Waals surface area contributed by atoms with E-state index in [1.54, 1.807) is 36.4 Å². The van der Waals surface area contributed by atoms with E-state index in [1.807, 2.05) is 13.8 Å². The molecule has 0 bridgehead atoms. The zero-order valence-electron chi connectivity index (χ0n) is 17.8. The average Bonchev–Trinajstić information content (AvgIpc) is 2.75. The van der Waals surface area contributed by atoms with Crippen LogP contribution in [-0.4, -0.2) is 52.0 Å². The Morgan fingerprint density at radius 1 is 1.00 bits per heavy atom. The first-order valence-corrected chi connectivity index (χ1v) is 11.3. The number of carbonyl (C=O) groups excluding carboxylic acids is 1. The summed E-state index contributed by atoms with van der Waals surface area (Å²) in [6, 6.07) is 10.3. The number of sulfonamides is 1. The van der Waals surface area contributed by atoms with Gasteiger partial charge in [-0.15, -0.1) is 0 Å². The third kappa shape index (κ3) is 4.44. The number of nitrogens with zero attached hydrogens (tertiary/aromatic N) is 1. The lowest BCUT2D eigenvalue weighted by atomic mass is 10.1. The number of piperidine rings is 1. The number of rotatable bonds is 6. The highest BCUT2D eigenvalue weighted by Crippen LogP contribution is 2.31. The van der Waals surface area contributed by atoms with E-state index in [2.05, 4.69) is 5.32 Å². The molecule has 0 unspecified atom stereocenters. The molecule has 1 N–H and O–H groups in total. The average molecular weight is 433 g/mol. The summed E-state index contributed by atoms with van der Waals surface area (Å²) >= 11 is 0. The number of amides is 1. The first-order valence-electron chi connectivity index (χ1n) is 9.87. The van der Waals surface area contributed by atoms with E-state index in [-0.39, 0.29) is 16.8 Å². The molecule has 1 amide bonds. The molecule has 1 heterocycles. The Kier molecular flexibility index (Phi) is 6.67. The molecule has 0 radical (unpaired) electrons. The molecule has 2 aromatic carbocycles. The molecule has 0 spiro atoms. The Hall–Kier alpha value is -2.58. The molecule has 162 valence electrons. The smallest absolute Gasteiger partial charge is 0.255 e. The molecule has 3 rings (SSSR count).